The summed E-state index contributed by atoms with van der Waals surface area (Å²) in [6.45, 7) is 6.96. The van der Waals surface area contributed by atoms with Gasteiger partial charge in [-0.3, -0.25) is 0 Å². The van der Waals surface area contributed by atoms with Crippen LogP contribution in [0, 0.1) is 11.3 Å². The van der Waals surface area contributed by atoms with Crippen molar-refractivity contribution < 1.29 is 0 Å². The van der Waals surface area contributed by atoms with E-state index < -0.39 is 21.1 Å². The van der Waals surface area contributed by atoms with E-state index in [2.05, 4.69) is 39.0 Å². The van der Waals surface area contributed by atoms with Gasteiger partial charge < -0.3 is 0 Å². The molecule has 0 saturated carbocycles. The number of rotatable bonds is 12. The van der Waals surface area contributed by atoms with Crippen LogP contribution in [0.5, 0.6) is 0 Å². The number of nitriles is 1. The Kier molecular flexibility index (Phi) is 10.7. The molecule has 2 heteroatoms. The predicted molar refractivity (Wildman–Crippen MR) is 102 cm³/mol. The van der Waals surface area contributed by atoms with Gasteiger partial charge in [0.2, 0.25) is 0 Å². The van der Waals surface area contributed by atoms with Crippen molar-refractivity contribution in [3.63, 3.8) is 0 Å². The average Bonchev–Trinajstić information content (AvgIpc) is 2.60. The van der Waals surface area contributed by atoms with Gasteiger partial charge in [-0.25, -0.2) is 0 Å². The molecule has 1 rings (SSSR count). The minimum atomic E-state index is -0.551. The normalized spacial score (nSPS) is 11.4. The molecule has 0 spiro atoms. The summed E-state index contributed by atoms with van der Waals surface area (Å²) in [6, 6.07) is 10.6. The molecule has 0 aliphatic rings. The molecule has 0 aliphatic carbocycles. The molecule has 23 heavy (non-hydrogen) atoms. The molecule has 2 radical (unpaired) electrons. The second-order valence-electron chi connectivity index (χ2n) is 6.71. The molecule has 0 bridgehead atoms. The van der Waals surface area contributed by atoms with Crippen molar-refractivity contribution in [3.8, 4) is 6.07 Å². The van der Waals surface area contributed by atoms with E-state index in [9.17, 15) is 5.26 Å². The molecule has 0 atom stereocenters. The Bertz CT molecular complexity index is 453. The number of nitrogens with zero attached hydrogens (tertiary/aromatic N) is 1. The number of benzene rings is 1. The molecule has 1 nitrogen and oxygen atoms in total. The Morgan fingerprint density at radius 2 is 1.43 bits per heavy atom. The standard InChI is InChI=1S/C13H27.C8H6N.Sn/c1-4-7-10-13(11-8-5-2)12-9-6-3;1-7-4-2-3-5-8(7)6-9;/h4-12H2,1-3H3;2-5H,1H2;. The van der Waals surface area contributed by atoms with Gasteiger partial charge in [0.15, 0.2) is 0 Å². The molecule has 0 saturated heterocycles. The molecule has 1 aromatic rings. The number of hydrogen-bond acceptors (Lipinski definition) is 1. The van der Waals surface area contributed by atoms with Crippen LogP contribution in [0.3, 0.4) is 0 Å². The predicted octanol–water partition coefficient (Wildman–Crippen LogP) is 6.49. The third kappa shape index (κ3) is 7.29. The quantitative estimate of drug-likeness (QED) is 0.356. The average molecular weight is 418 g/mol. The van der Waals surface area contributed by atoms with Gasteiger partial charge in [0.1, 0.15) is 0 Å². The van der Waals surface area contributed by atoms with Crippen molar-refractivity contribution in [1.29, 1.82) is 5.26 Å². The second kappa shape index (κ2) is 12.0. The van der Waals surface area contributed by atoms with Crippen molar-refractivity contribution in [3.05, 3.63) is 35.4 Å². The van der Waals surface area contributed by atoms with E-state index in [1.807, 2.05) is 12.1 Å². The maximum absolute atomic E-state index is 9.34. The van der Waals surface area contributed by atoms with E-state index in [-0.39, 0.29) is 0 Å². The Balaban J connectivity index is 2.85. The van der Waals surface area contributed by atoms with E-state index in [0.29, 0.717) is 3.43 Å². The molecule has 0 aromatic heterocycles. The van der Waals surface area contributed by atoms with Crippen LogP contribution in [0.1, 0.15) is 89.7 Å². The first-order valence-electron chi connectivity index (χ1n) is 9.44. The van der Waals surface area contributed by atoms with Gasteiger partial charge in [0, 0.05) is 0 Å². The van der Waals surface area contributed by atoms with Crippen LogP contribution in [0.4, 0.5) is 0 Å². The number of hydrogen-bond donors (Lipinski definition) is 0. The first-order valence-corrected chi connectivity index (χ1v) is 12.9. The molecule has 1 aromatic carbocycles. The molecule has 0 amide bonds. The van der Waals surface area contributed by atoms with Crippen LogP contribution in [0.2, 0.25) is 3.43 Å². The fraction of sp³-hybridized carbons (Fsp3) is 0.667. The second-order valence-corrected chi connectivity index (χ2v) is 11.8. The third-order valence-electron chi connectivity index (χ3n) is 4.82. The van der Waals surface area contributed by atoms with Gasteiger partial charge in [-0.05, 0) is 0 Å². The van der Waals surface area contributed by atoms with Crippen LogP contribution < -0.4 is 0 Å². The summed E-state index contributed by atoms with van der Waals surface area (Å²) >= 11 is -0.551. The van der Waals surface area contributed by atoms with Gasteiger partial charge in [0.25, 0.3) is 0 Å². The zero-order valence-corrected chi connectivity index (χ0v) is 18.2. The van der Waals surface area contributed by atoms with Crippen molar-refractivity contribution in [2.75, 3.05) is 0 Å². The topological polar surface area (TPSA) is 23.8 Å². The maximum atomic E-state index is 9.34. The molecule has 0 heterocycles. The van der Waals surface area contributed by atoms with Crippen LogP contribution in [-0.4, -0.2) is 21.1 Å². The van der Waals surface area contributed by atoms with E-state index in [0.717, 1.165) is 5.56 Å². The molecule has 0 unspecified atom stereocenters. The fourth-order valence-corrected chi connectivity index (χ4v) is 8.77. The Morgan fingerprint density at radius 3 is 1.91 bits per heavy atom. The molecule has 126 valence electrons. The van der Waals surface area contributed by atoms with E-state index >= 15 is 0 Å². The summed E-state index contributed by atoms with van der Waals surface area (Å²) < 4.78 is 1.89. The SMILES string of the molecule is CCCC[C](CCCC)(CCCC)[Sn][CH2]c1ccccc1C#N. The summed E-state index contributed by atoms with van der Waals surface area (Å²) in [5, 5.41) is 9.34. The summed E-state index contributed by atoms with van der Waals surface area (Å²) in [5.74, 6) is 0. The molecular weight excluding hydrogens is 385 g/mol. The first kappa shape index (κ1) is 20.6. The van der Waals surface area contributed by atoms with Crippen molar-refractivity contribution >= 4 is 21.1 Å². The Morgan fingerprint density at radius 1 is 0.913 bits per heavy atom. The van der Waals surface area contributed by atoms with Gasteiger partial charge in [-0.1, -0.05) is 0 Å². The van der Waals surface area contributed by atoms with Crippen molar-refractivity contribution in [2.24, 2.45) is 0 Å². The van der Waals surface area contributed by atoms with Gasteiger partial charge in [-0.2, -0.15) is 0 Å². The first-order chi connectivity index (χ1) is 11.2. The minimum absolute atomic E-state index is 0.551. The third-order valence-corrected chi connectivity index (χ3v) is 10.7. The van der Waals surface area contributed by atoms with Crippen LogP contribution >= 0.6 is 0 Å². The molecular formula is C21H33NSn. The van der Waals surface area contributed by atoms with Crippen LogP contribution in [0.25, 0.3) is 0 Å². The fourth-order valence-electron chi connectivity index (χ4n) is 3.25. The zero-order valence-electron chi connectivity index (χ0n) is 15.3. The van der Waals surface area contributed by atoms with Gasteiger partial charge >= 0.3 is 154 Å². The van der Waals surface area contributed by atoms with Gasteiger partial charge in [0.05, 0.1) is 0 Å². The van der Waals surface area contributed by atoms with E-state index in [1.165, 1.54) is 67.8 Å². The van der Waals surface area contributed by atoms with Crippen molar-refractivity contribution in [1.82, 2.24) is 0 Å². The summed E-state index contributed by atoms with van der Waals surface area (Å²) in [7, 11) is 0. The molecule has 0 N–H and O–H groups in total. The van der Waals surface area contributed by atoms with Crippen LogP contribution in [0.15, 0.2) is 24.3 Å². The summed E-state index contributed by atoms with van der Waals surface area (Å²) in [4.78, 5) is 0. The molecule has 0 aliphatic heterocycles. The van der Waals surface area contributed by atoms with Gasteiger partial charge in [-0.15, -0.1) is 0 Å². The molecule has 0 fully saturated rings. The van der Waals surface area contributed by atoms with Crippen molar-refractivity contribution in [2.45, 2.75) is 86.4 Å². The van der Waals surface area contributed by atoms with E-state index in [1.54, 1.807) is 0 Å². The summed E-state index contributed by atoms with van der Waals surface area (Å²) in [6.07, 6.45) is 12.4. The monoisotopic (exact) mass is 419 g/mol. The number of unbranched alkanes of at least 4 members (excludes halogenated alkanes) is 3. The summed E-state index contributed by atoms with van der Waals surface area (Å²) in [5.41, 5.74) is 2.22. The zero-order chi connectivity index (χ0) is 17.0. The Hall–Kier alpha value is -0.491. The van der Waals surface area contributed by atoms with E-state index in [4.69, 9.17) is 0 Å². The van der Waals surface area contributed by atoms with Crippen LogP contribution in [-0.2, 0) is 4.44 Å². The Labute approximate surface area is 154 Å².